The van der Waals surface area contributed by atoms with Crippen LogP contribution in [-0.2, 0) is 0 Å². The summed E-state index contributed by atoms with van der Waals surface area (Å²) in [5.74, 6) is 1.15. The van der Waals surface area contributed by atoms with Crippen LogP contribution in [0, 0.1) is 26.6 Å². The van der Waals surface area contributed by atoms with Crippen molar-refractivity contribution in [1.29, 1.82) is 0 Å². The minimum Gasteiger partial charge on any atom is -0.353 e. The summed E-state index contributed by atoms with van der Waals surface area (Å²) in [6.45, 7) is 8.21. The predicted octanol–water partition coefficient (Wildman–Crippen LogP) is 2.94. The number of para-hydroxylation sites is 1. The average Bonchev–Trinajstić information content (AvgIpc) is 3.37. The smallest absolute Gasteiger partial charge is 0.255 e. The number of benzene rings is 1. The number of aryl methyl sites for hydroxylation is 2. The van der Waals surface area contributed by atoms with E-state index >= 15 is 0 Å². The van der Waals surface area contributed by atoms with Crippen molar-refractivity contribution in [2.75, 3.05) is 31.1 Å². The Morgan fingerprint density at radius 2 is 1.78 bits per heavy atom. The van der Waals surface area contributed by atoms with Gasteiger partial charge in [0.05, 0.1) is 11.3 Å². The molecule has 0 bridgehead atoms. The van der Waals surface area contributed by atoms with Crippen LogP contribution >= 0.6 is 0 Å². The van der Waals surface area contributed by atoms with Crippen LogP contribution in [0.5, 0.6) is 0 Å². The molecule has 0 N–H and O–H groups in total. The largest absolute Gasteiger partial charge is 0.353 e. The van der Waals surface area contributed by atoms with Crippen LogP contribution in [-0.4, -0.2) is 61.1 Å². The molecule has 0 unspecified atom stereocenters. The second kappa shape index (κ2) is 7.74. The standard InChI is InChI=1S/C23H24FN7O/c1-15-12-21(31-23(27-15)25-14-26-31)28-8-10-29(11-9-28)22(32)18-13-16(2)30(17(18)3)20-7-5-4-6-19(20)24/h4-7,12-14H,8-11H2,1-3H3. The van der Waals surface area contributed by atoms with Crippen LogP contribution < -0.4 is 4.90 Å². The molecule has 4 aromatic rings. The van der Waals surface area contributed by atoms with Crippen LogP contribution in [0.25, 0.3) is 11.5 Å². The fraction of sp³-hybridized carbons (Fsp3) is 0.304. The summed E-state index contributed by atoms with van der Waals surface area (Å²) in [7, 11) is 0. The number of hydrogen-bond donors (Lipinski definition) is 0. The molecule has 164 valence electrons. The Kier molecular flexibility index (Phi) is 4.88. The van der Waals surface area contributed by atoms with E-state index in [1.807, 2.05) is 37.8 Å². The highest BCUT2D eigenvalue weighted by molar-refractivity contribution is 5.96. The zero-order chi connectivity index (χ0) is 22.4. The molecule has 3 aromatic heterocycles. The van der Waals surface area contributed by atoms with Gasteiger partial charge in [0.2, 0.25) is 0 Å². The number of aromatic nitrogens is 5. The zero-order valence-electron chi connectivity index (χ0n) is 18.3. The van der Waals surface area contributed by atoms with Gasteiger partial charge >= 0.3 is 0 Å². The molecule has 0 saturated carbocycles. The normalized spacial score (nSPS) is 14.4. The maximum absolute atomic E-state index is 14.4. The highest BCUT2D eigenvalue weighted by Gasteiger charge is 2.27. The number of fused-ring (bicyclic) bond motifs is 1. The Bertz CT molecular complexity index is 1320. The summed E-state index contributed by atoms with van der Waals surface area (Å²) in [5.41, 5.74) is 3.51. The maximum Gasteiger partial charge on any atom is 0.255 e. The van der Waals surface area contributed by atoms with Crippen LogP contribution in [0.3, 0.4) is 0 Å². The number of nitrogens with zero attached hydrogens (tertiary/aromatic N) is 7. The van der Waals surface area contributed by atoms with Crippen LogP contribution in [0.4, 0.5) is 10.2 Å². The molecule has 0 radical (unpaired) electrons. The van der Waals surface area contributed by atoms with E-state index in [2.05, 4.69) is 20.0 Å². The number of carbonyl (C=O) groups excluding carboxylic acids is 1. The third-order valence-corrected chi connectivity index (χ3v) is 6.01. The number of hydrogen-bond acceptors (Lipinski definition) is 5. The molecule has 9 heteroatoms. The second-order valence-electron chi connectivity index (χ2n) is 8.08. The molecule has 1 amide bonds. The van der Waals surface area contributed by atoms with Gasteiger partial charge in [-0.2, -0.15) is 14.6 Å². The average molecular weight is 433 g/mol. The van der Waals surface area contributed by atoms with Gasteiger partial charge in [0, 0.05) is 49.3 Å². The number of piperazine rings is 1. The van der Waals surface area contributed by atoms with Crippen molar-refractivity contribution in [3.8, 4) is 5.69 Å². The lowest BCUT2D eigenvalue weighted by atomic mass is 10.2. The van der Waals surface area contributed by atoms with Gasteiger partial charge in [0.25, 0.3) is 11.7 Å². The van der Waals surface area contributed by atoms with E-state index in [-0.39, 0.29) is 11.7 Å². The van der Waals surface area contributed by atoms with Crippen molar-refractivity contribution in [3.05, 3.63) is 71.2 Å². The number of halogens is 1. The van der Waals surface area contributed by atoms with Gasteiger partial charge in [0.1, 0.15) is 18.0 Å². The fourth-order valence-corrected chi connectivity index (χ4v) is 4.43. The van der Waals surface area contributed by atoms with E-state index in [0.29, 0.717) is 43.2 Å². The Balaban J connectivity index is 1.37. The molecule has 32 heavy (non-hydrogen) atoms. The first-order valence-corrected chi connectivity index (χ1v) is 10.6. The molecule has 0 atom stereocenters. The predicted molar refractivity (Wildman–Crippen MR) is 119 cm³/mol. The lowest BCUT2D eigenvalue weighted by molar-refractivity contribution is 0.0745. The molecule has 1 fully saturated rings. The van der Waals surface area contributed by atoms with Crippen molar-refractivity contribution in [1.82, 2.24) is 29.0 Å². The molecular weight excluding hydrogens is 409 g/mol. The van der Waals surface area contributed by atoms with Gasteiger partial charge in [-0.3, -0.25) is 4.79 Å². The van der Waals surface area contributed by atoms with Crippen molar-refractivity contribution >= 4 is 17.5 Å². The molecule has 1 saturated heterocycles. The monoisotopic (exact) mass is 433 g/mol. The fourth-order valence-electron chi connectivity index (χ4n) is 4.43. The summed E-state index contributed by atoms with van der Waals surface area (Å²) in [4.78, 5) is 26.0. The van der Waals surface area contributed by atoms with E-state index in [4.69, 9.17) is 0 Å². The van der Waals surface area contributed by atoms with Crippen molar-refractivity contribution in [2.45, 2.75) is 20.8 Å². The number of anilines is 1. The summed E-state index contributed by atoms with van der Waals surface area (Å²) in [6.07, 6.45) is 1.50. The molecule has 4 heterocycles. The van der Waals surface area contributed by atoms with Gasteiger partial charge in [-0.15, -0.1) is 0 Å². The Morgan fingerprint density at radius 1 is 1.03 bits per heavy atom. The lowest BCUT2D eigenvalue weighted by Crippen LogP contribution is -2.49. The van der Waals surface area contributed by atoms with E-state index < -0.39 is 0 Å². The Morgan fingerprint density at radius 3 is 2.53 bits per heavy atom. The second-order valence-corrected chi connectivity index (χ2v) is 8.08. The summed E-state index contributed by atoms with van der Waals surface area (Å²) in [5, 5.41) is 4.28. The minimum atomic E-state index is -0.311. The number of amides is 1. The van der Waals surface area contributed by atoms with Crippen LogP contribution in [0.15, 0.2) is 42.7 Å². The Labute approximate surface area is 184 Å². The molecule has 8 nitrogen and oxygen atoms in total. The van der Waals surface area contributed by atoms with Gasteiger partial charge < -0.3 is 14.4 Å². The lowest BCUT2D eigenvalue weighted by Gasteiger charge is -2.36. The molecule has 5 rings (SSSR count). The minimum absolute atomic E-state index is 0.0304. The number of carbonyl (C=O) groups is 1. The number of rotatable bonds is 3. The summed E-state index contributed by atoms with van der Waals surface area (Å²) in [6, 6.07) is 10.5. The van der Waals surface area contributed by atoms with Gasteiger partial charge in [-0.25, -0.2) is 9.37 Å². The first kappa shape index (κ1) is 20.2. The topological polar surface area (TPSA) is 71.6 Å². The van der Waals surface area contributed by atoms with Crippen LogP contribution in [0.1, 0.15) is 27.4 Å². The third kappa shape index (κ3) is 3.30. The van der Waals surface area contributed by atoms with Gasteiger partial charge in [0.15, 0.2) is 0 Å². The quantitative estimate of drug-likeness (QED) is 0.497. The Hall–Kier alpha value is -3.75. The highest BCUT2D eigenvalue weighted by atomic mass is 19.1. The van der Waals surface area contributed by atoms with E-state index in [0.717, 1.165) is 22.9 Å². The molecule has 0 aliphatic carbocycles. The van der Waals surface area contributed by atoms with Crippen molar-refractivity contribution in [3.63, 3.8) is 0 Å². The first-order valence-electron chi connectivity index (χ1n) is 10.6. The molecule has 1 aromatic carbocycles. The summed E-state index contributed by atoms with van der Waals surface area (Å²) < 4.78 is 17.9. The van der Waals surface area contributed by atoms with E-state index in [9.17, 15) is 9.18 Å². The van der Waals surface area contributed by atoms with Crippen molar-refractivity contribution < 1.29 is 9.18 Å². The first-order chi connectivity index (χ1) is 15.4. The molecular formula is C23H24FN7O. The molecule has 1 aliphatic heterocycles. The van der Waals surface area contributed by atoms with E-state index in [1.165, 1.54) is 12.4 Å². The third-order valence-electron chi connectivity index (χ3n) is 6.01. The maximum atomic E-state index is 14.4. The van der Waals surface area contributed by atoms with Gasteiger partial charge in [-0.05, 0) is 39.0 Å². The zero-order valence-corrected chi connectivity index (χ0v) is 18.3. The summed E-state index contributed by atoms with van der Waals surface area (Å²) >= 11 is 0. The highest BCUT2D eigenvalue weighted by Crippen LogP contribution is 2.25. The van der Waals surface area contributed by atoms with E-state index in [1.54, 1.807) is 27.3 Å². The molecule has 1 aliphatic rings. The molecule has 0 spiro atoms. The van der Waals surface area contributed by atoms with Crippen LogP contribution in [0.2, 0.25) is 0 Å². The van der Waals surface area contributed by atoms with Gasteiger partial charge in [-0.1, -0.05) is 12.1 Å². The van der Waals surface area contributed by atoms with Crippen molar-refractivity contribution in [2.24, 2.45) is 0 Å². The SMILES string of the molecule is Cc1cc(N2CCN(C(=O)c3cc(C)n(-c4ccccc4F)c3C)CC2)n2ncnc2n1.